The third-order valence-corrected chi connectivity index (χ3v) is 20.1. The van der Waals surface area contributed by atoms with Crippen LogP contribution in [0, 0.1) is 11.8 Å². The van der Waals surface area contributed by atoms with Crippen LogP contribution in [-0.2, 0) is 16.2 Å². The zero-order valence-electron chi connectivity index (χ0n) is 47.3. The predicted molar refractivity (Wildman–Crippen MR) is 327 cm³/mol. The van der Waals surface area contributed by atoms with Gasteiger partial charge in [-0.25, -0.2) is 4.79 Å². The van der Waals surface area contributed by atoms with E-state index in [4.69, 9.17) is 9.15 Å². The first-order chi connectivity index (χ1) is 37.3. The molecule has 6 aromatic rings. The summed E-state index contributed by atoms with van der Waals surface area (Å²) in [5, 5.41) is 12.4. The number of fused-ring (bicyclic) bond motifs is 13. The van der Waals surface area contributed by atoms with Gasteiger partial charge in [0, 0.05) is 92.8 Å². The average Bonchev–Trinajstić information content (AvgIpc) is 3.17. The molecule has 398 valence electrons. The smallest absolute Gasteiger partial charge is 0.343 e. The van der Waals surface area contributed by atoms with Gasteiger partial charge in [-0.3, -0.25) is 0 Å². The highest BCUT2D eigenvalue weighted by Crippen LogP contribution is 2.71. The van der Waals surface area contributed by atoms with Gasteiger partial charge in [-0.2, -0.15) is 0 Å². The Labute approximate surface area is 466 Å². The van der Waals surface area contributed by atoms with E-state index in [9.17, 15) is 9.90 Å². The van der Waals surface area contributed by atoms with Crippen molar-refractivity contribution < 1.29 is 14.3 Å². The third-order valence-electron chi connectivity index (χ3n) is 19.6. The maximum Gasteiger partial charge on any atom is 0.343 e. The molecule has 5 aromatic carbocycles. The minimum atomic E-state index is -1.05. The van der Waals surface area contributed by atoms with Crippen molar-refractivity contribution >= 4 is 62.1 Å². The summed E-state index contributed by atoms with van der Waals surface area (Å²) in [6, 6.07) is 28.7. The zero-order chi connectivity index (χ0) is 54.3. The molecule has 1 aliphatic heterocycles. The molecule has 0 radical (unpaired) electrons. The van der Waals surface area contributed by atoms with Gasteiger partial charge in [-0.05, 0) is 199 Å². The monoisotopic (exact) mass is 1090 g/mol. The summed E-state index contributed by atoms with van der Waals surface area (Å²) in [6.07, 6.45) is 20.3. The normalized spacial score (nSPS) is 19.7. The predicted octanol–water partition coefficient (Wildman–Crippen LogP) is 17.6. The molecule has 3 unspecified atom stereocenters. The fourth-order valence-corrected chi connectivity index (χ4v) is 15.7. The number of hydrogen-bond donors (Lipinski definition) is 1. The summed E-state index contributed by atoms with van der Waals surface area (Å²) >= 11 is 3.98. The molecule has 2 heterocycles. The van der Waals surface area contributed by atoms with Gasteiger partial charge in [-0.1, -0.05) is 119 Å². The Morgan fingerprint density at radius 2 is 1.22 bits per heavy atom. The topological polar surface area (TPSA) is 66.2 Å². The lowest BCUT2D eigenvalue weighted by Gasteiger charge is -2.40. The minimum absolute atomic E-state index is 0.110. The number of rotatable bonds is 16. The first-order valence-electron chi connectivity index (χ1n) is 29.1. The maximum atomic E-state index is 13.7. The standard InChI is InChI=1S/C70H77BrN2O4/c1-12-68(13-2)55-36-43(22-24-47-37-45-27-31-50(72(18-7)19-8)40-57(45)76-66(47)74)23-33-52(55)59-63-60(53-35-30-49(71)39-56(53)69(63,14-3)15-4)65-61(64(59)68)54-34-29-44(42(11)62(54)70(65,16-5)17-6)25-26-48-38-46-28-32-51(73(20-9)21-10)41-58(46)77-67(48)75/h22-42,44,67,75H,12-21H2,1-11H3/b24-22+,26-25+. The largest absolute Gasteiger partial charge is 0.460 e. The van der Waals surface area contributed by atoms with E-state index < -0.39 is 6.29 Å². The molecule has 77 heavy (non-hydrogen) atoms. The zero-order valence-corrected chi connectivity index (χ0v) is 48.9. The quantitative estimate of drug-likeness (QED) is 0.0975. The molecule has 0 spiro atoms. The van der Waals surface area contributed by atoms with Crippen LogP contribution in [0.4, 0.5) is 11.4 Å². The van der Waals surface area contributed by atoms with E-state index >= 15 is 0 Å². The van der Waals surface area contributed by atoms with Crippen molar-refractivity contribution in [1.29, 1.82) is 0 Å². The van der Waals surface area contributed by atoms with Gasteiger partial charge < -0.3 is 24.1 Å². The molecular weight excluding hydrogens is 1010 g/mol. The second kappa shape index (κ2) is 20.3. The van der Waals surface area contributed by atoms with Crippen molar-refractivity contribution in [3.05, 3.63) is 179 Å². The Hall–Kier alpha value is -6.15. The molecule has 0 amide bonds. The number of hydrogen-bond acceptors (Lipinski definition) is 6. The number of halogens is 1. The van der Waals surface area contributed by atoms with Gasteiger partial charge in [0.25, 0.3) is 0 Å². The lowest BCUT2D eigenvalue weighted by molar-refractivity contribution is 0.0158. The Kier molecular flexibility index (Phi) is 13.9. The van der Waals surface area contributed by atoms with Gasteiger partial charge in [0.1, 0.15) is 11.3 Å². The van der Waals surface area contributed by atoms with Crippen molar-refractivity contribution in [2.75, 3.05) is 36.0 Å². The summed E-state index contributed by atoms with van der Waals surface area (Å²) in [7, 11) is 0. The van der Waals surface area contributed by atoms with Crippen LogP contribution in [0.1, 0.15) is 165 Å². The summed E-state index contributed by atoms with van der Waals surface area (Å²) in [6.45, 7) is 29.2. The van der Waals surface area contributed by atoms with E-state index in [1.54, 1.807) is 11.1 Å². The molecule has 4 aliphatic carbocycles. The highest BCUT2D eigenvalue weighted by molar-refractivity contribution is 9.10. The van der Waals surface area contributed by atoms with Gasteiger partial charge in [0.05, 0.1) is 5.56 Å². The molecule has 5 aliphatic rings. The van der Waals surface area contributed by atoms with Crippen LogP contribution in [-0.4, -0.2) is 37.6 Å². The van der Waals surface area contributed by atoms with E-state index in [0.717, 1.165) is 103 Å². The van der Waals surface area contributed by atoms with Crippen LogP contribution in [0.25, 0.3) is 57.0 Å². The average molecular weight is 1090 g/mol. The molecule has 0 saturated carbocycles. The molecule has 0 saturated heterocycles. The van der Waals surface area contributed by atoms with Crippen molar-refractivity contribution in [2.24, 2.45) is 11.8 Å². The molecule has 7 heteroatoms. The number of benzene rings is 5. The van der Waals surface area contributed by atoms with Crippen LogP contribution in [0.3, 0.4) is 0 Å². The minimum Gasteiger partial charge on any atom is -0.460 e. The lowest BCUT2D eigenvalue weighted by atomic mass is 9.63. The Morgan fingerprint density at radius 1 is 0.636 bits per heavy atom. The van der Waals surface area contributed by atoms with Crippen molar-refractivity contribution in [2.45, 2.75) is 137 Å². The van der Waals surface area contributed by atoms with Gasteiger partial charge in [-0.15, -0.1) is 0 Å². The van der Waals surface area contributed by atoms with E-state index in [1.807, 2.05) is 18.2 Å². The highest BCUT2D eigenvalue weighted by Gasteiger charge is 2.57. The van der Waals surface area contributed by atoms with Gasteiger partial charge in [0.2, 0.25) is 6.29 Å². The summed E-state index contributed by atoms with van der Waals surface area (Å²) in [5.74, 6) is 1.02. The number of ether oxygens (including phenoxy) is 1. The van der Waals surface area contributed by atoms with E-state index in [1.165, 1.54) is 55.6 Å². The van der Waals surface area contributed by atoms with E-state index in [-0.39, 0.29) is 33.7 Å². The second-order valence-corrected chi connectivity index (χ2v) is 23.2. The van der Waals surface area contributed by atoms with E-state index in [2.05, 4.69) is 205 Å². The van der Waals surface area contributed by atoms with Crippen molar-refractivity contribution in [1.82, 2.24) is 0 Å². The molecule has 1 N–H and O–H groups in total. The van der Waals surface area contributed by atoms with Gasteiger partial charge in [0.15, 0.2) is 0 Å². The van der Waals surface area contributed by atoms with Crippen LogP contribution in [0.2, 0.25) is 0 Å². The molecule has 6 nitrogen and oxygen atoms in total. The molecular formula is C70H77BrN2O4. The Bertz CT molecular complexity index is 3570. The molecule has 11 rings (SSSR count). The first kappa shape index (κ1) is 52.9. The number of aliphatic hydroxyl groups excluding tert-OH is 1. The lowest BCUT2D eigenvalue weighted by Crippen LogP contribution is -2.32. The SMILES string of the molecule is CCN(CC)c1ccc2c(c1)OC(O)C(/C=C/C1C=CC3=C(C1C)C(CC)(CC)c1c3c3c(c4c1-c1ccc(Br)cc1C4(CC)CC)-c1ccc(/C=C/c4cc5ccc(N(CC)CC)cc5oc4=O)cc1C3(CC)CC)=C2. The number of nitrogens with zero attached hydrogens (tertiary/aromatic N) is 2. The van der Waals surface area contributed by atoms with E-state index in [0.29, 0.717) is 16.9 Å². The number of allylic oxidation sites excluding steroid dienone is 5. The van der Waals surface area contributed by atoms with Crippen LogP contribution >= 0.6 is 15.9 Å². The summed E-state index contributed by atoms with van der Waals surface area (Å²) in [4.78, 5) is 18.2. The maximum absolute atomic E-state index is 13.7. The number of anilines is 2. The highest BCUT2D eigenvalue weighted by atomic mass is 79.9. The molecule has 3 atom stereocenters. The van der Waals surface area contributed by atoms with Crippen molar-refractivity contribution in [3.8, 4) is 28.0 Å². The number of aliphatic hydroxyl groups is 1. The Balaban J connectivity index is 1.07. The summed E-state index contributed by atoms with van der Waals surface area (Å²) < 4.78 is 13.4. The van der Waals surface area contributed by atoms with Crippen LogP contribution < -0.4 is 20.2 Å². The second-order valence-electron chi connectivity index (χ2n) is 22.3. The molecule has 1 aromatic heterocycles. The fourth-order valence-electron chi connectivity index (χ4n) is 15.3. The van der Waals surface area contributed by atoms with Crippen LogP contribution in [0.15, 0.2) is 128 Å². The molecule has 0 fully saturated rings. The molecule has 0 bridgehead atoms. The van der Waals surface area contributed by atoms with Crippen LogP contribution in [0.5, 0.6) is 5.75 Å². The fraction of sp³-hybridized carbons (Fsp3) is 0.386. The van der Waals surface area contributed by atoms with Gasteiger partial charge >= 0.3 is 5.63 Å². The summed E-state index contributed by atoms with van der Waals surface area (Å²) in [5.41, 5.74) is 22.6. The first-order valence-corrected chi connectivity index (χ1v) is 29.9. The van der Waals surface area contributed by atoms with Crippen molar-refractivity contribution in [3.63, 3.8) is 0 Å². The third kappa shape index (κ3) is 7.81. The Morgan fingerprint density at radius 3 is 1.86 bits per heavy atom.